The zero-order chi connectivity index (χ0) is 29.3. The Hall–Kier alpha value is -4.81. The number of fused-ring (bicyclic) bond motifs is 1. The average molecular weight is 594 g/mol. The van der Waals surface area contributed by atoms with Crippen LogP contribution in [0.25, 0.3) is 28.2 Å². The fourth-order valence-corrected chi connectivity index (χ4v) is 6.38. The SMILES string of the molecule is Cn1nc(-c2ccc(F)cc2)c(-c2ccc3nc(NC(=O)c4ccncc4)cn3n2)c1C1CCN(Cc2nccs2)CC1. The van der Waals surface area contributed by atoms with Gasteiger partial charge >= 0.3 is 0 Å². The number of piperidine rings is 1. The molecule has 216 valence electrons. The zero-order valence-corrected chi connectivity index (χ0v) is 24.2. The van der Waals surface area contributed by atoms with Gasteiger partial charge in [-0.15, -0.1) is 11.3 Å². The van der Waals surface area contributed by atoms with Crippen molar-refractivity contribution in [2.45, 2.75) is 25.3 Å². The van der Waals surface area contributed by atoms with Gasteiger partial charge in [-0.3, -0.25) is 19.4 Å². The first-order valence-corrected chi connectivity index (χ1v) is 14.9. The normalized spacial score (nSPS) is 14.4. The average Bonchev–Trinajstić information content (AvgIpc) is 3.77. The number of pyridine rings is 1. The smallest absolute Gasteiger partial charge is 0.256 e. The van der Waals surface area contributed by atoms with Gasteiger partial charge in [0.05, 0.1) is 29.7 Å². The standard InChI is InChI=1S/C31H28FN9OS/c1-39-30(21-10-15-40(16-11-21)19-27-34-14-17-43-27)28(29(38-39)20-2-4-23(32)5-3-20)24-6-7-26-35-25(18-41(26)37-24)36-31(42)22-8-12-33-13-9-22/h2-9,12-14,17-18,21H,10-11,15-16,19H2,1H3,(H,36,42). The Morgan fingerprint density at radius 1 is 1.02 bits per heavy atom. The van der Waals surface area contributed by atoms with Gasteiger partial charge in [-0.1, -0.05) is 0 Å². The Kier molecular flexibility index (Phi) is 7.21. The van der Waals surface area contributed by atoms with E-state index in [1.165, 1.54) is 12.1 Å². The maximum atomic E-state index is 13.9. The number of halogens is 1. The van der Waals surface area contributed by atoms with Crippen LogP contribution in [0.5, 0.6) is 0 Å². The number of thiazole rings is 1. The molecule has 1 amide bonds. The molecule has 5 aromatic heterocycles. The molecular formula is C31H28FN9OS. The first-order valence-electron chi connectivity index (χ1n) is 14.0. The lowest BCUT2D eigenvalue weighted by atomic mass is 9.88. The number of hydrogen-bond acceptors (Lipinski definition) is 8. The van der Waals surface area contributed by atoms with Crippen molar-refractivity contribution in [3.63, 3.8) is 0 Å². The van der Waals surface area contributed by atoms with E-state index in [0.29, 0.717) is 17.0 Å². The lowest BCUT2D eigenvalue weighted by Gasteiger charge is -2.32. The number of aryl methyl sites for hydroxylation is 1. The third-order valence-electron chi connectivity index (χ3n) is 7.79. The molecule has 1 aliphatic heterocycles. The van der Waals surface area contributed by atoms with Crippen molar-refractivity contribution in [1.29, 1.82) is 0 Å². The van der Waals surface area contributed by atoms with Crippen LogP contribution in [0.2, 0.25) is 0 Å². The van der Waals surface area contributed by atoms with Crippen LogP contribution in [-0.4, -0.2) is 58.2 Å². The molecule has 0 saturated carbocycles. The van der Waals surface area contributed by atoms with Gasteiger partial charge in [0.15, 0.2) is 11.5 Å². The fourth-order valence-electron chi connectivity index (χ4n) is 5.72. The molecule has 1 aliphatic rings. The van der Waals surface area contributed by atoms with Gasteiger partial charge < -0.3 is 5.32 Å². The molecule has 1 saturated heterocycles. The number of hydrogen-bond donors (Lipinski definition) is 1. The van der Waals surface area contributed by atoms with E-state index in [9.17, 15) is 9.18 Å². The molecule has 0 unspecified atom stereocenters. The molecule has 1 fully saturated rings. The van der Waals surface area contributed by atoms with Crippen molar-refractivity contribution in [2.75, 3.05) is 18.4 Å². The molecule has 6 heterocycles. The van der Waals surface area contributed by atoms with Crippen LogP contribution in [0.3, 0.4) is 0 Å². The number of carbonyl (C=O) groups is 1. The maximum Gasteiger partial charge on any atom is 0.256 e. The third kappa shape index (κ3) is 5.54. The second kappa shape index (κ2) is 11.5. The van der Waals surface area contributed by atoms with Crippen LogP contribution in [0.4, 0.5) is 10.2 Å². The second-order valence-corrected chi connectivity index (χ2v) is 11.5. The summed E-state index contributed by atoms with van der Waals surface area (Å²) in [5, 5.41) is 15.9. The molecule has 6 aromatic rings. The van der Waals surface area contributed by atoms with E-state index in [4.69, 9.17) is 10.2 Å². The van der Waals surface area contributed by atoms with E-state index < -0.39 is 0 Å². The van der Waals surface area contributed by atoms with Crippen LogP contribution >= 0.6 is 11.3 Å². The van der Waals surface area contributed by atoms with Crippen LogP contribution in [0.15, 0.2) is 78.7 Å². The largest absolute Gasteiger partial charge is 0.305 e. The third-order valence-corrected chi connectivity index (χ3v) is 8.55. The van der Waals surface area contributed by atoms with Gasteiger partial charge in [-0.25, -0.2) is 18.9 Å². The number of imidazole rings is 1. The summed E-state index contributed by atoms with van der Waals surface area (Å²) in [5.74, 6) is 0.0858. The summed E-state index contributed by atoms with van der Waals surface area (Å²) in [6, 6.07) is 13.5. The number of carbonyl (C=O) groups excluding carboxylic acids is 1. The Balaban J connectivity index is 1.23. The Bertz CT molecular complexity index is 1880. The minimum absolute atomic E-state index is 0.268. The van der Waals surface area contributed by atoms with E-state index in [-0.39, 0.29) is 17.6 Å². The molecule has 0 atom stereocenters. The number of aromatic nitrogens is 7. The fraction of sp³-hybridized carbons (Fsp3) is 0.226. The lowest BCUT2D eigenvalue weighted by Crippen LogP contribution is -2.33. The first kappa shape index (κ1) is 27.0. The Labute approximate surface area is 250 Å². The number of anilines is 1. The highest BCUT2D eigenvalue weighted by Gasteiger charge is 2.30. The van der Waals surface area contributed by atoms with Crippen LogP contribution < -0.4 is 5.32 Å². The Morgan fingerprint density at radius 2 is 1.81 bits per heavy atom. The molecular weight excluding hydrogens is 565 g/mol. The van der Waals surface area contributed by atoms with Crippen LogP contribution in [-0.2, 0) is 13.6 Å². The van der Waals surface area contributed by atoms with Gasteiger partial charge in [0.25, 0.3) is 5.91 Å². The summed E-state index contributed by atoms with van der Waals surface area (Å²) in [6.07, 6.45) is 8.64. The lowest BCUT2D eigenvalue weighted by molar-refractivity contribution is 0.102. The molecule has 0 bridgehead atoms. The minimum atomic E-state index is -0.298. The molecule has 1 N–H and O–H groups in total. The number of nitrogens with zero attached hydrogens (tertiary/aromatic N) is 8. The van der Waals surface area contributed by atoms with Gasteiger partial charge in [-0.2, -0.15) is 10.2 Å². The predicted molar refractivity (Wildman–Crippen MR) is 162 cm³/mol. The van der Waals surface area contributed by atoms with Crippen molar-refractivity contribution in [1.82, 2.24) is 39.2 Å². The summed E-state index contributed by atoms with van der Waals surface area (Å²) in [4.78, 5) is 28.1. The first-order chi connectivity index (χ1) is 21.0. The molecule has 12 heteroatoms. The van der Waals surface area contributed by atoms with Crippen LogP contribution in [0.1, 0.15) is 39.8 Å². The highest BCUT2D eigenvalue weighted by atomic mass is 32.1. The number of nitrogens with one attached hydrogen (secondary N) is 1. The number of benzene rings is 1. The van der Waals surface area contributed by atoms with Crippen molar-refractivity contribution >= 4 is 28.7 Å². The summed E-state index contributed by atoms with van der Waals surface area (Å²) < 4.78 is 17.5. The highest BCUT2D eigenvalue weighted by Crippen LogP contribution is 2.40. The summed E-state index contributed by atoms with van der Waals surface area (Å²) in [6.45, 7) is 2.77. The quantitative estimate of drug-likeness (QED) is 0.264. The van der Waals surface area contributed by atoms with Crippen molar-refractivity contribution in [3.8, 4) is 22.5 Å². The molecule has 0 aliphatic carbocycles. The second-order valence-electron chi connectivity index (χ2n) is 10.6. The van der Waals surface area contributed by atoms with Gasteiger partial charge in [0, 0.05) is 48.1 Å². The van der Waals surface area contributed by atoms with Crippen molar-refractivity contribution in [3.05, 3.63) is 101 Å². The van der Waals surface area contributed by atoms with Crippen molar-refractivity contribution in [2.24, 2.45) is 7.05 Å². The summed E-state index contributed by atoms with van der Waals surface area (Å²) >= 11 is 1.69. The van der Waals surface area contributed by atoms with Gasteiger partial charge in [0.1, 0.15) is 16.5 Å². The Morgan fingerprint density at radius 3 is 2.56 bits per heavy atom. The predicted octanol–water partition coefficient (Wildman–Crippen LogP) is 5.42. The number of likely N-dealkylation sites (tertiary alicyclic amines) is 1. The minimum Gasteiger partial charge on any atom is -0.305 e. The molecule has 1 aromatic carbocycles. The van der Waals surface area contributed by atoms with E-state index in [2.05, 4.69) is 25.2 Å². The maximum absolute atomic E-state index is 13.9. The number of amides is 1. The van der Waals surface area contributed by atoms with Gasteiger partial charge in [0.2, 0.25) is 0 Å². The zero-order valence-electron chi connectivity index (χ0n) is 23.4. The topological polar surface area (TPSA) is 106 Å². The molecule has 10 nitrogen and oxygen atoms in total. The summed E-state index contributed by atoms with van der Waals surface area (Å²) in [7, 11) is 1.97. The van der Waals surface area contributed by atoms with E-state index in [0.717, 1.165) is 65.7 Å². The summed E-state index contributed by atoms with van der Waals surface area (Å²) in [5.41, 5.74) is 5.40. The number of rotatable bonds is 7. The highest BCUT2D eigenvalue weighted by molar-refractivity contribution is 7.09. The monoisotopic (exact) mass is 593 g/mol. The molecule has 0 spiro atoms. The van der Waals surface area contributed by atoms with E-state index in [1.54, 1.807) is 58.7 Å². The molecule has 43 heavy (non-hydrogen) atoms. The van der Waals surface area contributed by atoms with E-state index >= 15 is 0 Å². The van der Waals surface area contributed by atoms with Gasteiger partial charge in [-0.05, 0) is 74.5 Å². The van der Waals surface area contributed by atoms with Crippen molar-refractivity contribution < 1.29 is 9.18 Å². The van der Waals surface area contributed by atoms with E-state index in [1.807, 2.05) is 35.4 Å². The molecule has 0 radical (unpaired) electrons. The molecule has 7 rings (SSSR count). The van der Waals surface area contributed by atoms with Crippen LogP contribution in [0, 0.1) is 5.82 Å².